The number of aliphatic carboxylic acids is 1. The zero-order valence-corrected chi connectivity index (χ0v) is 12.8. The first-order valence-electron chi connectivity index (χ1n) is 7.48. The summed E-state index contributed by atoms with van der Waals surface area (Å²) in [7, 11) is 0. The third kappa shape index (κ3) is 3.35. The molecule has 5 heteroatoms. The van der Waals surface area contributed by atoms with Crippen molar-refractivity contribution >= 4 is 18.1 Å². The topological polar surface area (TPSA) is 78.4 Å². The van der Waals surface area contributed by atoms with Gasteiger partial charge in [-0.3, -0.25) is 0 Å². The van der Waals surface area contributed by atoms with E-state index in [-0.39, 0.29) is 11.3 Å². The Balaban J connectivity index is 2.03. The van der Waals surface area contributed by atoms with Gasteiger partial charge in [0.05, 0.1) is 17.3 Å². The molecule has 1 aliphatic rings. The Morgan fingerprint density at radius 2 is 1.58 bits per heavy atom. The highest BCUT2D eigenvalue weighted by Crippen LogP contribution is 2.27. The second-order valence-electron chi connectivity index (χ2n) is 5.32. The molecule has 5 nitrogen and oxygen atoms in total. The van der Waals surface area contributed by atoms with Crippen LogP contribution in [0.15, 0.2) is 78.0 Å². The first-order chi connectivity index (χ1) is 11.6. The molecular formula is C19H16N2O3. The molecule has 0 saturated carbocycles. The van der Waals surface area contributed by atoms with Gasteiger partial charge in [-0.25, -0.2) is 9.59 Å². The van der Waals surface area contributed by atoms with Crippen LogP contribution in [0.1, 0.15) is 17.2 Å². The van der Waals surface area contributed by atoms with Crippen LogP contribution in [0, 0.1) is 0 Å². The Labute approximate surface area is 139 Å². The number of allylic oxidation sites excluding steroid dienone is 1. The average Bonchev–Trinajstić information content (AvgIpc) is 2.60. The molecule has 3 N–H and O–H groups in total. The molecule has 0 aliphatic carbocycles. The summed E-state index contributed by atoms with van der Waals surface area (Å²) in [6, 6.07) is 17.4. The van der Waals surface area contributed by atoms with Gasteiger partial charge >= 0.3 is 12.0 Å². The molecule has 3 rings (SSSR count). The summed E-state index contributed by atoms with van der Waals surface area (Å²) in [5, 5.41) is 14.9. The second-order valence-corrected chi connectivity index (χ2v) is 5.32. The van der Waals surface area contributed by atoms with Crippen LogP contribution in [0.4, 0.5) is 4.79 Å². The number of urea groups is 1. The summed E-state index contributed by atoms with van der Waals surface area (Å²) < 4.78 is 0. The van der Waals surface area contributed by atoms with E-state index in [1.54, 1.807) is 24.3 Å². The van der Waals surface area contributed by atoms with Crippen LogP contribution in [-0.2, 0) is 4.79 Å². The molecule has 1 heterocycles. The number of rotatable bonds is 4. The van der Waals surface area contributed by atoms with Crippen molar-refractivity contribution in [2.45, 2.75) is 6.04 Å². The van der Waals surface area contributed by atoms with Crippen LogP contribution in [-0.4, -0.2) is 17.1 Å². The Hall–Kier alpha value is -3.34. The maximum absolute atomic E-state index is 12.0. The normalized spacial score (nSPS) is 17.5. The molecule has 1 atom stereocenters. The molecule has 2 aromatic carbocycles. The number of amides is 2. The molecule has 0 aromatic heterocycles. The minimum Gasteiger partial charge on any atom is -0.478 e. The smallest absolute Gasteiger partial charge is 0.336 e. The highest BCUT2D eigenvalue weighted by Gasteiger charge is 2.31. The highest BCUT2D eigenvalue weighted by molar-refractivity contribution is 5.95. The number of benzene rings is 2. The van der Waals surface area contributed by atoms with Crippen molar-refractivity contribution in [2.24, 2.45) is 0 Å². The zero-order chi connectivity index (χ0) is 16.9. The minimum absolute atomic E-state index is 0.105. The average molecular weight is 320 g/mol. The van der Waals surface area contributed by atoms with Gasteiger partial charge in [0.15, 0.2) is 0 Å². The molecule has 0 bridgehead atoms. The van der Waals surface area contributed by atoms with Crippen molar-refractivity contribution in [3.8, 4) is 0 Å². The first-order valence-corrected chi connectivity index (χ1v) is 7.48. The Bertz CT molecular complexity index is 811. The van der Waals surface area contributed by atoms with Crippen LogP contribution < -0.4 is 10.6 Å². The number of carboxylic acid groups (broad SMARTS) is 1. The summed E-state index contributed by atoms with van der Waals surface area (Å²) in [6.45, 7) is 0. The molecule has 0 saturated heterocycles. The van der Waals surface area contributed by atoms with Gasteiger partial charge in [-0.15, -0.1) is 0 Å². The standard InChI is InChI=1S/C19H16N2O3/c22-18(23)16-15(12-11-13-7-3-1-4-8-13)20-19(24)21-17(16)14-9-5-2-6-10-14/h1-12,17H,(H,22,23)(H2,20,21,24)/b12-11+. The molecule has 0 fully saturated rings. The Morgan fingerprint density at radius 3 is 2.21 bits per heavy atom. The van der Waals surface area contributed by atoms with Crippen LogP contribution in [0.3, 0.4) is 0 Å². The second kappa shape index (κ2) is 6.83. The summed E-state index contributed by atoms with van der Waals surface area (Å²) in [6.07, 6.45) is 3.39. The SMILES string of the molecule is O=C1NC(/C=C/c2ccccc2)=C(C(=O)O)C(c2ccccc2)N1. The summed E-state index contributed by atoms with van der Waals surface area (Å²) in [5.41, 5.74) is 2.02. The lowest BCUT2D eigenvalue weighted by Gasteiger charge is -2.27. The zero-order valence-electron chi connectivity index (χ0n) is 12.8. The van der Waals surface area contributed by atoms with Crippen molar-refractivity contribution in [1.82, 2.24) is 10.6 Å². The molecule has 2 aromatic rings. The Kier molecular flexibility index (Phi) is 4.43. The fourth-order valence-electron chi connectivity index (χ4n) is 2.59. The quantitative estimate of drug-likeness (QED) is 0.810. The summed E-state index contributed by atoms with van der Waals surface area (Å²) in [4.78, 5) is 23.7. The number of nitrogens with one attached hydrogen (secondary N) is 2. The van der Waals surface area contributed by atoms with Gasteiger partial charge in [0.1, 0.15) is 0 Å². The van der Waals surface area contributed by atoms with Crippen LogP contribution >= 0.6 is 0 Å². The molecule has 0 radical (unpaired) electrons. The van der Waals surface area contributed by atoms with Gasteiger partial charge in [-0.2, -0.15) is 0 Å². The monoisotopic (exact) mass is 320 g/mol. The van der Waals surface area contributed by atoms with E-state index in [0.29, 0.717) is 0 Å². The predicted octanol–water partition coefficient (Wildman–Crippen LogP) is 3.09. The third-order valence-electron chi connectivity index (χ3n) is 3.71. The largest absolute Gasteiger partial charge is 0.478 e. The molecule has 0 spiro atoms. The fraction of sp³-hybridized carbons (Fsp3) is 0.0526. The van der Waals surface area contributed by atoms with Crippen molar-refractivity contribution in [3.63, 3.8) is 0 Å². The van der Waals surface area contributed by atoms with E-state index in [2.05, 4.69) is 10.6 Å². The van der Waals surface area contributed by atoms with E-state index < -0.39 is 18.0 Å². The van der Waals surface area contributed by atoms with E-state index in [1.165, 1.54) is 0 Å². The lowest BCUT2D eigenvalue weighted by Crippen LogP contribution is -2.45. The lowest BCUT2D eigenvalue weighted by atomic mass is 9.95. The number of hydrogen-bond acceptors (Lipinski definition) is 2. The first kappa shape index (κ1) is 15.6. The van der Waals surface area contributed by atoms with Gasteiger partial charge < -0.3 is 15.7 Å². The van der Waals surface area contributed by atoms with Gasteiger partial charge in [-0.1, -0.05) is 66.7 Å². The molecule has 120 valence electrons. The summed E-state index contributed by atoms with van der Waals surface area (Å²) >= 11 is 0. The molecule has 24 heavy (non-hydrogen) atoms. The van der Waals surface area contributed by atoms with Gasteiger partial charge in [-0.05, 0) is 17.2 Å². The number of hydrogen-bond donors (Lipinski definition) is 3. The molecule has 2 amide bonds. The minimum atomic E-state index is -1.08. The number of carbonyl (C=O) groups excluding carboxylic acids is 1. The van der Waals surface area contributed by atoms with E-state index in [0.717, 1.165) is 11.1 Å². The van der Waals surface area contributed by atoms with Crippen molar-refractivity contribution in [1.29, 1.82) is 0 Å². The molecular weight excluding hydrogens is 304 g/mol. The van der Waals surface area contributed by atoms with Crippen LogP contribution in [0.5, 0.6) is 0 Å². The van der Waals surface area contributed by atoms with Gasteiger partial charge in [0, 0.05) is 0 Å². The van der Waals surface area contributed by atoms with Crippen molar-refractivity contribution < 1.29 is 14.7 Å². The maximum Gasteiger partial charge on any atom is 0.336 e. The third-order valence-corrected chi connectivity index (χ3v) is 3.71. The fourth-order valence-corrected chi connectivity index (χ4v) is 2.59. The van der Waals surface area contributed by atoms with Gasteiger partial charge in [0.2, 0.25) is 0 Å². The predicted molar refractivity (Wildman–Crippen MR) is 91.0 cm³/mol. The van der Waals surface area contributed by atoms with E-state index in [4.69, 9.17) is 0 Å². The number of carbonyl (C=O) groups is 2. The molecule has 1 unspecified atom stereocenters. The van der Waals surface area contributed by atoms with E-state index in [1.807, 2.05) is 48.5 Å². The van der Waals surface area contributed by atoms with Crippen molar-refractivity contribution in [3.05, 3.63) is 89.1 Å². The van der Waals surface area contributed by atoms with Crippen LogP contribution in [0.2, 0.25) is 0 Å². The number of carboxylic acids is 1. The van der Waals surface area contributed by atoms with Gasteiger partial charge in [0.25, 0.3) is 0 Å². The van der Waals surface area contributed by atoms with E-state index >= 15 is 0 Å². The Morgan fingerprint density at radius 1 is 0.958 bits per heavy atom. The highest BCUT2D eigenvalue weighted by atomic mass is 16.4. The lowest BCUT2D eigenvalue weighted by molar-refractivity contribution is -0.133. The maximum atomic E-state index is 12.0. The van der Waals surface area contributed by atoms with Crippen molar-refractivity contribution in [2.75, 3.05) is 0 Å². The molecule has 1 aliphatic heterocycles. The summed E-state index contributed by atoms with van der Waals surface area (Å²) in [5.74, 6) is -1.08. The van der Waals surface area contributed by atoms with Crippen LogP contribution in [0.25, 0.3) is 6.08 Å². The van der Waals surface area contributed by atoms with E-state index in [9.17, 15) is 14.7 Å².